The quantitative estimate of drug-likeness (QED) is 0.361. The molecule has 0 bridgehead atoms. The lowest BCUT2D eigenvalue weighted by Gasteiger charge is -2.10. The molecule has 0 aliphatic carbocycles. The smallest absolute Gasteiger partial charge is 0.161 e. The summed E-state index contributed by atoms with van der Waals surface area (Å²) in [6.45, 7) is 3.42. The monoisotopic (exact) mass is 415 g/mol. The zero-order chi connectivity index (χ0) is 21.5. The molecule has 0 spiro atoms. The van der Waals surface area contributed by atoms with Gasteiger partial charge in [0.05, 0.1) is 14.2 Å². The van der Waals surface area contributed by atoms with Gasteiger partial charge in [0, 0.05) is 55.0 Å². The number of hydrogen-bond donors (Lipinski definition) is 2. The van der Waals surface area contributed by atoms with E-state index in [1.54, 1.807) is 14.2 Å². The van der Waals surface area contributed by atoms with Gasteiger partial charge in [-0.2, -0.15) is 0 Å². The minimum atomic E-state index is 0.747. The van der Waals surface area contributed by atoms with E-state index in [0.717, 1.165) is 48.9 Å². The van der Waals surface area contributed by atoms with E-state index < -0.39 is 0 Å². The first-order chi connectivity index (χ1) is 15.3. The lowest BCUT2D eigenvalue weighted by Crippen LogP contribution is -2.21. The van der Waals surface area contributed by atoms with Crippen molar-refractivity contribution < 1.29 is 9.47 Å². The molecule has 4 rings (SSSR count). The number of methoxy groups -OCH3 is 2. The van der Waals surface area contributed by atoms with Crippen LogP contribution in [0, 0.1) is 0 Å². The second-order valence-corrected chi connectivity index (χ2v) is 7.52. The van der Waals surface area contributed by atoms with Gasteiger partial charge in [0.1, 0.15) is 0 Å². The molecule has 160 valence electrons. The van der Waals surface area contributed by atoms with Crippen LogP contribution < -0.4 is 20.1 Å². The van der Waals surface area contributed by atoms with Gasteiger partial charge in [-0.1, -0.05) is 48.5 Å². The number of rotatable bonds is 10. The third-order valence-corrected chi connectivity index (χ3v) is 5.34. The molecule has 0 saturated heterocycles. The Hall–Kier alpha value is -3.44. The first-order valence-corrected chi connectivity index (χ1v) is 10.5. The van der Waals surface area contributed by atoms with Gasteiger partial charge in [-0.3, -0.25) is 0 Å². The summed E-state index contributed by atoms with van der Waals surface area (Å²) < 4.78 is 13.0. The first-order valence-electron chi connectivity index (χ1n) is 10.5. The van der Waals surface area contributed by atoms with Crippen LogP contribution in [0.3, 0.4) is 0 Å². The summed E-state index contributed by atoms with van der Waals surface area (Å²) in [5, 5.41) is 9.51. The fourth-order valence-corrected chi connectivity index (χ4v) is 3.77. The minimum Gasteiger partial charge on any atom is -0.493 e. The SMILES string of the molecule is COc1ccc(Cn2cc3cccc(NCCNCc4ccccc4)c3c2)cc1OC. The molecule has 1 aromatic heterocycles. The third kappa shape index (κ3) is 5.19. The van der Waals surface area contributed by atoms with Crippen LogP contribution >= 0.6 is 0 Å². The van der Waals surface area contributed by atoms with E-state index in [1.807, 2.05) is 18.2 Å². The molecule has 0 fully saturated rings. The van der Waals surface area contributed by atoms with Crippen molar-refractivity contribution in [1.29, 1.82) is 0 Å². The fraction of sp³-hybridized carbons (Fsp3) is 0.231. The Bertz CT molecular complexity index is 1120. The second-order valence-electron chi connectivity index (χ2n) is 7.52. The molecular weight excluding hydrogens is 386 g/mol. The number of fused-ring (bicyclic) bond motifs is 1. The van der Waals surface area contributed by atoms with E-state index in [4.69, 9.17) is 9.47 Å². The van der Waals surface area contributed by atoms with Gasteiger partial charge in [-0.25, -0.2) is 0 Å². The standard InChI is InChI=1S/C26H29N3O2/c1-30-25-12-11-21(15-26(25)31-2)17-29-18-22-9-6-10-24(23(22)19-29)28-14-13-27-16-20-7-4-3-5-8-20/h3-12,15,18-19,27-28H,13-14,16-17H2,1-2H3. The predicted molar refractivity (Wildman–Crippen MR) is 127 cm³/mol. The van der Waals surface area contributed by atoms with Crippen molar-refractivity contribution >= 4 is 16.5 Å². The van der Waals surface area contributed by atoms with Gasteiger partial charge in [-0.05, 0) is 29.3 Å². The van der Waals surface area contributed by atoms with Crippen LogP contribution in [0.2, 0.25) is 0 Å². The van der Waals surface area contributed by atoms with Gasteiger partial charge in [0.25, 0.3) is 0 Å². The zero-order valence-corrected chi connectivity index (χ0v) is 18.1. The lowest BCUT2D eigenvalue weighted by molar-refractivity contribution is 0.354. The maximum absolute atomic E-state index is 5.43. The fourth-order valence-electron chi connectivity index (χ4n) is 3.77. The molecule has 0 aliphatic rings. The number of benzene rings is 3. The lowest BCUT2D eigenvalue weighted by atomic mass is 10.2. The molecule has 4 aromatic rings. The highest BCUT2D eigenvalue weighted by Crippen LogP contribution is 2.29. The van der Waals surface area contributed by atoms with Crippen molar-refractivity contribution in [3.8, 4) is 11.5 Å². The molecule has 5 heteroatoms. The molecular formula is C26H29N3O2. The number of aromatic nitrogens is 1. The topological polar surface area (TPSA) is 47.5 Å². The number of anilines is 1. The van der Waals surface area contributed by atoms with Crippen molar-refractivity contribution in [3.63, 3.8) is 0 Å². The molecule has 0 amide bonds. The van der Waals surface area contributed by atoms with Crippen LogP contribution in [0.1, 0.15) is 11.1 Å². The summed E-state index contributed by atoms with van der Waals surface area (Å²) in [5.74, 6) is 1.50. The maximum Gasteiger partial charge on any atom is 0.161 e. The Balaban J connectivity index is 1.39. The molecule has 31 heavy (non-hydrogen) atoms. The number of ether oxygens (including phenoxy) is 2. The highest BCUT2D eigenvalue weighted by Gasteiger charge is 2.07. The average Bonchev–Trinajstić information content (AvgIpc) is 3.22. The van der Waals surface area contributed by atoms with E-state index in [-0.39, 0.29) is 0 Å². The van der Waals surface area contributed by atoms with Crippen molar-refractivity contribution in [2.75, 3.05) is 32.6 Å². The summed E-state index contributed by atoms with van der Waals surface area (Å²) in [6.07, 6.45) is 4.39. The molecule has 5 nitrogen and oxygen atoms in total. The second kappa shape index (κ2) is 10.0. The van der Waals surface area contributed by atoms with Crippen LogP contribution in [0.15, 0.2) is 79.1 Å². The Morgan fingerprint density at radius 2 is 1.61 bits per heavy atom. The van der Waals surface area contributed by atoms with E-state index in [9.17, 15) is 0 Å². The number of nitrogens with one attached hydrogen (secondary N) is 2. The molecule has 0 saturated carbocycles. The summed E-state index contributed by atoms with van der Waals surface area (Å²) in [6, 6.07) is 22.9. The van der Waals surface area contributed by atoms with Crippen LogP contribution in [0.4, 0.5) is 5.69 Å². The normalized spacial score (nSPS) is 10.9. The average molecular weight is 416 g/mol. The summed E-state index contributed by atoms with van der Waals surface area (Å²) in [5.41, 5.74) is 3.62. The van der Waals surface area contributed by atoms with Crippen LogP contribution in [0.25, 0.3) is 10.8 Å². The van der Waals surface area contributed by atoms with Crippen molar-refractivity contribution in [2.45, 2.75) is 13.1 Å². The summed E-state index contributed by atoms with van der Waals surface area (Å²) in [7, 11) is 3.32. The molecule has 0 aliphatic heterocycles. The van der Waals surface area contributed by atoms with Gasteiger partial charge in [-0.15, -0.1) is 0 Å². The number of nitrogens with zero attached hydrogens (tertiary/aromatic N) is 1. The zero-order valence-electron chi connectivity index (χ0n) is 18.1. The molecule has 0 unspecified atom stereocenters. The minimum absolute atomic E-state index is 0.747. The van der Waals surface area contributed by atoms with Gasteiger partial charge in [0.2, 0.25) is 0 Å². The Labute approximate surface area is 183 Å². The van der Waals surface area contributed by atoms with E-state index in [1.165, 1.54) is 16.3 Å². The van der Waals surface area contributed by atoms with Gasteiger partial charge in [0.15, 0.2) is 11.5 Å². The number of hydrogen-bond acceptors (Lipinski definition) is 4. The molecule has 1 heterocycles. The van der Waals surface area contributed by atoms with Crippen molar-refractivity contribution in [1.82, 2.24) is 9.88 Å². The van der Waals surface area contributed by atoms with Crippen molar-refractivity contribution in [3.05, 3.63) is 90.3 Å². The van der Waals surface area contributed by atoms with Gasteiger partial charge < -0.3 is 24.7 Å². The highest BCUT2D eigenvalue weighted by atomic mass is 16.5. The largest absolute Gasteiger partial charge is 0.493 e. The highest BCUT2D eigenvalue weighted by molar-refractivity contribution is 5.93. The predicted octanol–water partition coefficient (Wildman–Crippen LogP) is 4.91. The summed E-state index contributed by atoms with van der Waals surface area (Å²) in [4.78, 5) is 0. The van der Waals surface area contributed by atoms with E-state index >= 15 is 0 Å². The Morgan fingerprint density at radius 1 is 0.774 bits per heavy atom. The Kier molecular flexibility index (Phi) is 6.75. The van der Waals surface area contributed by atoms with E-state index in [0.29, 0.717) is 0 Å². The van der Waals surface area contributed by atoms with Gasteiger partial charge >= 0.3 is 0 Å². The molecule has 2 N–H and O–H groups in total. The molecule has 3 aromatic carbocycles. The van der Waals surface area contributed by atoms with Crippen molar-refractivity contribution in [2.24, 2.45) is 0 Å². The summed E-state index contributed by atoms with van der Waals surface area (Å²) >= 11 is 0. The maximum atomic E-state index is 5.43. The molecule has 0 radical (unpaired) electrons. The van der Waals surface area contributed by atoms with Crippen LogP contribution in [-0.4, -0.2) is 31.9 Å². The first kappa shape index (κ1) is 20.8. The van der Waals surface area contributed by atoms with E-state index in [2.05, 4.69) is 76.1 Å². The third-order valence-electron chi connectivity index (χ3n) is 5.34. The molecule has 0 atom stereocenters. The Morgan fingerprint density at radius 3 is 2.42 bits per heavy atom. The van der Waals surface area contributed by atoms with Crippen LogP contribution in [0.5, 0.6) is 11.5 Å². The van der Waals surface area contributed by atoms with Crippen LogP contribution in [-0.2, 0) is 13.1 Å².